The Balaban J connectivity index is 1.61. The van der Waals surface area contributed by atoms with Crippen LogP contribution in [0.1, 0.15) is 24.6 Å². The summed E-state index contributed by atoms with van der Waals surface area (Å²) in [5.74, 6) is 1.55. The van der Waals surface area contributed by atoms with Crippen LogP contribution in [0.25, 0.3) is 11.3 Å². The van der Waals surface area contributed by atoms with Gasteiger partial charge in [0.1, 0.15) is 0 Å². The predicted octanol–water partition coefficient (Wildman–Crippen LogP) is 1.93. The number of nitrogens with zero attached hydrogens (tertiary/aromatic N) is 2. The van der Waals surface area contributed by atoms with E-state index in [-0.39, 0.29) is 12.9 Å². The van der Waals surface area contributed by atoms with Crippen LogP contribution in [0.4, 0.5) is 0 Å². The molecule has 23 heavy (non-hydrogen) atoms. The van der Waals surface area contributed by atoms with E-state index in [1.807, 2.05) is 25.1 Å². The molecule has 0 spiro atoms. The van der Waals surface area contributed by atoms with Crippen molar-refractivity contribution in [1.82, 2.24) is 15.1 Å². The Bertz CT molecular complexity index is 713. The number of β-amino-alcohol motifs (C(OH)–C–C–N with tert-alkyl or cyclic N) is 1. The number of H-pyrrole nitrogens is 1. The fraction of sp³-hybridized carbons (Fsp3) is 0.471. The van der Waals surface area contributed by atoms with Crippen molar-refractivity contribution in [3.05, 3.63) is 29.5 Å². The number of aromatic nitrogens is 2. The molecule has 3 heterocycles. The van der Waals surface area contributed by atoms with Gasteiger partial charge in [-0.15, -0.1) is 0 Å². The lowest BCUT2D eigenvalue weighted by molar-refractivity contribution is 0.102. The molecule has 0 aliphatic carbocycles. The van der Waals surface area contributed by atoms with Crippen molar-refractivity contribution in [2.45, 2.75) is 32.4 Å². The molecule has 0 bridgehead atoms. The topological polar surface area (TPSA) is 70.6 Å². The molecule has 122 valence electrons. The van der Waals surface area contributed by atoms with Gasteiger partial charge in [-0.1, -0.05) is 6.92 Å². The minimum Gasteiger partial charge on any atom is -0.454 e. The normalized spacial score (nSPS) is 18.0. The number of hydrogen-bond acceptors (Lipinski definition) is 5. The third-order valence-corrected chi connectivity index (χ3v) is 4.60. The molecule has 2 aliphatic heterocycles. The van der Waals surface area contributed by atoms with Crippen LogP contribution in [0.15, 0.2) is 18.2 Å². The Morgan fingerprint density at radius 1 is 1.35 bits per heavy atom. The van der Waals surface area contributed by atoms with Gasteiger partial charge in [0.05, 0.1) is 11.8 Å². The summed E-state index contributed by atoms with van der Waals surface area (Å²) in [4.78, 5) is 2.29. The lowest BCUT2D eigenvalue weighted by atomic mass is 10.0. The molecule has 1 aromatic carbocycles. The Hall–Kier alpha value is -2.05. The summed E-state index contributed by atoms with van der Waals surface area (Å²) >= 11 is 0. The van der Waals surface area contributed by atoms with Crippen LogP contribution in [0, 0.1) is 0 Å². The van der Waals surface area contributed by atoms with Crippen LogP contribution < -0.4 is 9.47 Å². The third kappa shape index (κ3) is 2.68. The number of rotatable bonds is 4. The summed E-state index contributed by atoms with van der Waals surface area (Å²) in [6, 6.07) is 5.93. The molecule has 2 aromatic rings. The van der Waals surface area contributed by atoms with Crippen molar-refractivity contribution < 1.29 is 14.6 Å². The van der Waals surface area contributed by atoms with E-state index in [1.165, 1.54) is 11.3 Å². The highest BCUT2D eigenvalue weighted by molar-refractivity contribution is 5.68. The van der Waals surface area contributed by atoms with Crippen LogP contribution in [0.2, 0.25) is 0 Å². The number of aliphatic hydroxyl groups is 1. The van der Waals surface area contributed by atoms with E-state index in [1.54, 1.807) is 0 Å². The lowest BCUT2D eigenvalue weighted by Gasteiger charge is -2.28. The van der Waals surface area contributed by atoms with Gasteiger partial charge in [-0.05, 0) is 24.6 Å². The predicted molar refractivity (Wildman–Crippen MR) is 85.4 cm³/mol. The van der Waals surface area contributed by atoms with Crippen molar-refractivity contribution in [2.24, 2.45) is 0 Å². The van der Waals surface area contributed by atoms with Crippen LogP contribution in [0.3, 0.4) is 0 Å². The fourth-order valence-electron chi connectivity index (χ4n) is 3.22. The zero-order valence-corrected chi connectivity index (χ0v) is 13.2. The minimum atomic E-state index is -0.266. The highest BCUT2D eigenvalue weighted by Crippen LogP contribution is 2.37. The number of hydrogen-bond donors (Lipinski definition) is 2. The van der Waals surface area contributed by atoms with Crippen LogP contribution in [-0.2, 0) is 13.0 Å². The quantitative estimate of drug-likeness (QED) is 0.902. The number of ether oxygens (including phenoxy) is 2. The lowest BCUT2D eigenvalue weighted by Crippen LogP contribution is -2.36. The number of benzene rings is 1. The van der Waals surface area contributed by atoms with Crippen molar-refractivity contribution in [2.75, 3.05) is 19.9 Å². The molecule has 1 atom stereocenters. The molecule has 2 aliphatic rings. The van der Waals surface area contributed by atoms with Gasteiger partial charge in [-0.3, -0.25) is 10.00 Å². The van der Waals surface area contributed by atoms with Gasteiger partial charge in [0.2, 0.25) is 6.79 Å². The highest BCUT2D eigenvalue weighted by atomic mass is 16.7. The second kappa shape index (κ2) is 5.86. The molecule has 0 radical (unpaired) electrons. The van der Waals surface area contributed by atoms with Crippen LogP contribution in [0.5, 0.6) is 11.5 Å². The standard InChI is InChI=1S/C17H21N3O3/c1-2-12(21)8-20-6-5-14-13(9-20)17(19-18-14)11-3-4-15-16(7-11)23-10-22-15/h3-4,7,12,21H,2,5-6,8-10H2,1H3,(H,18,19)/t12-/m1/s1. The minimum absolute atomic E-state index is 0.266. The molecule has 6 heteroatoms. The molecule has 1 aromatic heterocycles. The van der Waals surface area contributed by atoms with Crippen molar-refractivity contribution in [1.29, 1.82) is 0 Å². The average molecular weight is 315 g/mol. The molecule has 0 saturated heterocycles. The zero-order chi connectivity index (χ0) is 15.8. The van der Waals surface area contributed by atoms with Crippen LogP contribution >= 0.6 is 0 Å². The van der Waals surface area contributed by atoms with Gasteiger partial charge in [-0.2, -0.15) is 5.10 Å². The van der Waals surface area contributed by atoms with Gasteiger partial charge in [0, 0.05) is 42.9 Å². The van der Waals surface area contributed by atoms with E-state index in [9.17, 15) is 5.11 Å². The van der Waals surface area contributed by atoms with E-state index in [2.05, 4.69) is 15.1 Å². The molecular formula is C17H21N3O3. The Morgan fingerprint density at radius 2 is 2.22 bits per heavy atom. The maximum absolute atomic E-state index is 9.91. The van der Waals surface area contributed by atoms with Crippen LogP contribution in [-0.4, -0.2) is 46.2 Å². The maximum Gasteiger partial charge on any atom is 0.231 e. The maximum atomic E-state index is 9.91. The van der Waals surface area contributed by atoms with E-state index >= 15 is 0 Å². The first-order chi connectivity index (χ1) is 11.2. The van der Waals surface area contributed by atoms with Gasteiger partial charge >= 0.3 is 0 Å². The highest BCUT2D eigenvalue weighted by Gasteiger charge is 2.24. The first-order valence-corrected chi connectivity index (χ1v) is 8.11. The van der Waals surface area contributed by atoms with Gasteiger partial charge in [0.25, 0.3) is 0 Å². The molecule has 0 amide bonds. The number of fused-ring (bicyclic) bond motifs is 2. The molecule has 6 nitrogen and oxygen atoms in total. The number of nitrogens with one attached hydrogen (secondary N) is 1. The molecule has 4 rings (SSSR count). The summed E-state index contributed by atoms with van der Waals surface area (Å²) in [6.45, 7) is 4.76. The van der Waals surface area contributed by atoms with Gasteiger partial charge in [-0.25, -0.2) is 0 Å². The second-order valence-electron chi connectivity index (χ2n) is 6.14. The van der Waals surface area contributed by atoms with Crippen molar-refractivity contribution in [3.63, 3.8) is 0 Å². The van der Waals surface area contributed by atoms with Crippen molar-refractivity contribution in [3.8, 4) is 22.8 Å². The second-order valence-corrected chi connectivity index (χ2v) is 6.14. The Kier molecular flexibility index (Phi) is 3.71. The Morgan fingerprint density at radius 3 is 3.09 bits per heavy atom. The van der Waals surface area contributed by atoms with E-state index < -0.39 is 0 Å². The summed E-state index contributed by atoms with van der Waals surface area (Å²) in [5, 5.41) is 17.6. The SMILES string of the molecule is CC[C@@H](O)CN1CCc2[nH]nc(-c3ccc4c(c3)OCO4)c2C1. The van der Waals surface area contributed by atoms with Gasteiger partial charge in [0.15, 0.2) is 11.5 Å². The summed E-state index contributed by atoms with van der Waals surface area (Å²) in [6.07, 6.45) is 1.45. The molecule has 0 fully saturated rings. The van der Waals surface area contributed by atoms with Gasteiger partial charge < -0.3 is 14.6 Å². The smallest absolute Gasteiger partial charge is 0.231 e. The average Bonchev–Trinajstić information content (AvgIpc) is 3.20. The number of aromatic amines is 1. The largest absolute Gasteiger partial charge is 0.454 e. The summed E-state index contributed by atoms with van der Waals surface area (Å²) < 4.78 is 10.8. The first-order valence-electron chi connectivity index (χ1n) is 8.11. The molecule has 0 unspecified atom stereocenters. The first kappa shape index (κ1) is 14.5. The Labute approximate surface area is 135 Å². The van der Waals surface area contributed by atoms with E-state index in [4.69, 9.17) is 9.47 Å². The molecular weight excluding hydrogens is 294 g/mol. The molecule has 0 saturated carbocycles. The van der Waals surface area contributed by atoms with E-state index in [0.717, 1.165) is 48.7 Å². The summed E-state index contributed by atoms with van der Waals surface area (Å²) in [5.41, 5.74) is 4.41. The molecule has 2 N–H and O–H groups in total. The summed E-state index contributed by atoms with van der Waals surface area (Å²) in [7, 11) is 0. The number of aliphatic hydroxyl groups excluding tert-OH is 1. The fourth-order valence-corrected chi connectivity index (χ4v) is 3.22. The van der Waals surface area contributed by atoms with Crippen molar-refractivity contribution >= 4 is 0 Å². The monoisotopic (exact) mass is 315 g/mol. The third-order valence-electron chi connectivity index (χ3n) is 4.60. The van der Waals surface area contributed by atoms with E-state index in [0.29, 0.717) is 6.54 Å². The zero-order valence-electron chi connectivity index (χ0n) is 13.2.